The Morgan fingerprint density at radius 1 is 0.889 bits per heavy atom. The molecular formula is C26H22F3NO5S. The number of fused-ring (bicyclic) bond motifs is 1. The SMILES string of the molecule is CC(C)c1ccc(S(=O)(=O)n2c(C(O)c3ccc(C(=O)O)cc3)cc3cc(C(F)(F)F)ccc32)cc1. The average molecular weight is 518 g/mol. The number of nitrogens with zero attached hydrogens (tertiary/aromatic N) is 1. The lowest BCUT2D eigenvalue weighted by atomic mass is 10.0. The monoisotopic (exact) mass is 517 g/mol. The van der Waals surface area contributed by atoms with Crippen LogP contribution in [0.2, 0.25) is 0 Å². The summed E-state index contributed by atoms with van der Waals surface area (Å²) in [4.78, 5) is 11.1. The second kappa shape index (κ2) is 9.11. The Kier molecular flexibility index (Phi) is 6.44. The highest BCUT2D eigenvalue weighted by Crippen LogP contribution is 2.36. The van der Waals surface area contributed by atoms with E-state index in [1.54, 1.807) is 12.1 Å². The molecule has 1 unspecified atom stereocenters. The molecule has 0 aliphatic rings. The number of halogens is 3. The van der Waals surface area contributed by atoms with E-state index in [0.29, 0.717) is 0 Å². The fourth-order valence-electron chi connectivity index (χ4n) is 3.96. The number of rotatable bonds is 6. The first-order valence-electron chi connectivity index (χ1n) is 10.9. The number of aromatic nitrogens is 1. The molecule has 1 aromatic heterocycles. The van der Waals surface area contributed by atoms with E-state index in [2.05, 4.69) is 0 Å². The molecule has 0 radical (unpaired) electrons. The minimum absolute atomic E-state index is 0.0246. The van der Waals surface area contributed by atoms with Crippen molar-refractivity contribution in [1.82, 2.24) is 3.97 Å². The maximum Gasteiger partial charge on any atom is 0.416 e. The Bertz CT molecular complexity index is 1540. The predicted octanol–water partition coefficient (Wildman–Crippen LogP) is 5.80. The molecule has 188 valence electrons. The third-order valence-corrected chi connectivity index (χ3v) is 7.71. The van der Waals surface area contributed by atoms with Crippen LogP contribution < -0.4 is 0 Å². The van der Waals surface area contributed by atoms with Gasteiger partial charge >= 0.3 is 12.1 Å². The molecule has 1 atom stereocenters. The fourth-order valence-corrected chi connectivity index (χ4v) is 5.50. The van der Waals surface area contributed by atoms with Gasteiger partial charge in [0.15, 0.2) is 0 Å². The number of carboxylic acid groups (broad SMARTS) is 1. The van der Waals surface area contributed by atoms with Gasteiger partial charge in [-0.1, -0.05) is 38.1 Å². The Hall–Kier alpha value is -3.63. The molecule has 4 aromatic rings. The van der Waals surface area contributed by atoms with E-state index in [4.69, 9.17) is 5.11 Å². The predicted molar refractivity (Wildman–Crippen MR) is 128 cm³/mol. The fraction of sp³-hybridized carbons (Fsp3) is 0.192. The molecule has 1 heterocycles. The number of alkyl halides is 3. The third kappa shape index (κ3) is 4.61. The van der Waals surface area contributed by atoms with Gasteiger partial charge in [0, 0.05) is 5.39 Å². The summed E-state index contributed by atoms with van der Waals surface area (Å²) in [7, 11) is -4.34. The van der Waals surface area contributed by atoms with Crippen molar-refractivity contribution < 1.29 is 36.6 Å². The summed E-state index contributed by atoms with van der Waals surface area (Å²) >= 11 is 0. The lowest BCUT2D eigenvalue weighted by Gasteiger charge is -2.17. The maximum atomic E-state index is 13.7. The van der Waals surface area contributed by atoms with Crippen molar-refractivity contribution in [2.75, 3.05) is 0 Å². The number of aromatic carboxylic acids is 1. The highest BCUT2D eigenvalue weighted by molar-refractivity contribution is 7.90. The van der Waals surface area contributed by atoms with Crippen LogP contribution in [0.5, 0.6) is 0 Å². The minimum atomic E-state index is -4.65. The van der Waals surface area contributed by atoms with Crippen molar-refractivity contribution in [2.24, 2.45) is 0 Å². The molecule has 0 saturated heterocycles. The van der Waals surface area contributed by atoms with Crippen LogP contribution >= 0.6 is 0 Å². The van der Waals surface area contributed by atoms with Gasteiger partial charge in [-0.25, -0.2) is 17.2 Å². The smallest absolute Gasteiger partial charge is 0.416 e. The van der Waals surface area contributed by atoms with Crippen LogP contribution in [0.1, 0.15) is 58.6 Å². The van der Waals surface area contributed by atoms with Gasteiger partial charge in [-0.3, -0.25) is 0 Å². The van der Waals surface area contributed by atoms with Crippen molar-refractivity contribution >= 4 is 26.9 Å². The molecular weight excluding hydrogens is 495 g/mol. The van der Waals surface area contributed by atoms with Crippen molar-refractivity contribution in [3.05, 3.63) is 101 Å². The number of carbonyl (C=O) groups is 1. The number of hydrogen-bond acceptors (Lipinski definition) is 4. The summed E-state index contributed by atoms with van der Waals surface area (Å²) in [6, 6.07) is 15.1. The van der Waals surface area contributed by atoms with Crippen molar-refractivity contribution in [3.63, 3.8) is 0 Å². The topological polar surface area (TPSA) is 96.6 Å². The van der Waals surface area contributed by atoms with Crippen LogP contribution in [0.25, 0.3) is 10.9 Å². The Labute approximate surface area is 205 Å². The zero-order valence-electron chi connectivity index (χ0n) is 19.2. The van der Waals surface area contributed by atoms with Crippen molar-refractivity contribution in [1.29, 1.82) is 0 Å². The molecule has 10 heteroatoms. The summed E-state index contributed by atoms with van der Waals surface area (Å²) in [6.07, 6.45) is -6.22. The van der Waals surface area contributed by atoms with Gasteiger partial charge in [0.1, 0.15) is 6.10 Å². The minimum Gasteiger partial charge on any atom is -0.478 e. The van der Waals surface area contributed by atoms with Crippen LogP contribution in [0.15, 0.2) is 77.7 Å². The van der Waals surface area contributed by atoms with Crippen LogP contribution in [-0.4, -0.2) is 28.6 Å². The first kappa shape index (κ1) is 25.5. The van der Waals surface area contributed by atoms with E-state index in [1.165, 1.54) is 42.5 Å². The number of aliphatic hydroxyl groups excluding tert-OH is 1. The van der Waals surface area contributed by atoms with E-state index in [-0.39, 0.29) is 38.5 Å². The second-order valence-corrected chi connectivity index (χ2v) is 10.5. The lowest BCUT2D eigenvalue weighted by Crippen LogP contribution is -2.18. The molecule has 0 fully saturated rings. The number of aliphatic hydroxyl groups is 1. The number of carboxylic acids is 1. The van der Waals surface area contributed by atoms with E-state index in [1.807, 2.05) is 13.8 Å². The summed E-state index contributed by atoms with van der Waals surface area (Å²) in [6.45, 7) is 3.90. The highest BCUT2D eigenvalue weighted by Gasteiger charge is 2.33. The number of benzene rings is 3. The molecule has 0 spiro atoms. The summed E-state index contributed by atoms with van der Waals surface area (Å²) in [5, 5.41) is 20.2. The van der Waals surface area contributed by atoms with Gasteiger partial charge < -0.3 is 10.2 Å². The van der Waals surface area contributed by atoms with Crippen LogP contribution in [0.4, 0.5) is 13.2 Å². The second-order valence-electron chi connectivity index (χ2n) is 8.66. The van der Waals surface area contributed by atoms with E-state index in [0.717, 1.165) is 27.7 Å². The van der Waals surface area contributed by atoms with Crippen LogP contribution in [0, 0.1) is 0 Å². The summed E-state index contributed by atoms with van der Waals surface area (Å²) < 4.78 is 68.3. The quantitative estimate of drug-likeness (QED) is 0.337. The largest absolute Gasteiger partial charge is 0.478 e. The first-order chi connectivity index (χ1) is 16.8. The molecule has 3 aromatic carbocycles. The Morgan fingerprint density at radius 2 is 1.47 bits per heavy atom. The molecule has 36 heavy (non-hydrogen) atoms. The van der Waals surface area contributed by atoms with E-state index < -0.39 is 33.8 Å². The third-order valence-electron chi connectivity index (χ3n) is 5.95. The summed E-state index contributed by atoms with van der Waals surface area (Å²) in [5.41, 5.74) is -0.144. The van der Waals surface area contributed by atoms with Gasteiger partial charge in [-0.15, -0.1) is 0 Å². The van der Waals surface area contributed by atoms with Gasteiger partial charge in [-0.05, 0) is 65.6 Å². The first-order valence-corrected chi connectivity index (χ1v) is 12.3. The molecule has 2 N–H and O–H groups in total. The lowest BCUT2D eigenvalue weighted by molar-refractivity contribution is -0.137. The Morgan fingerprint density at radius 3 is 2.00 bits per heavy atom. The van der Waals surface area contributed by atoms with Gasteiger partial charge in [-0.2, -0.15) is 13.2 Å². The van der Waals surface area contributed by atoms with Gasteiger partial charge in [0.2, 0.25) is 0 Å². The zero-order valence-corrected chi connectivity index (χ0v) is 20.0. The summed E-state index contributed by atoms with van der Waals surface area (Å²) in [5.74, 6) is -1.03. The van der Waals surface area contributed by atoms with E-state index in [9.17, 15) is 31.5 Å². The molecule has 4 rings (SSSR count). The number of hydrogen-bond donors (Lipinski definition) is 2. The molecule has 0 aliphatic heterocycles. The average Bonchev–Trinajstić information content (AvgIpc) is 3.23. The normalized spacial score (nSPS) is 13.3. The molecule has 0 bridgehead atoms. The Balaban J connectivity index is 1.93. The van der Waals surface area contributed by atoms with Crippen LogP contribution in [0.3, 0.4) is 0 Å². The van der Waals surface area contributed by atoms with E-state index >= 15 is 0 Å². The standard InChI is InChI=1S/C26H22F3NO5S/c1-15(2)16-7-10-21(11-8-16)36(34,35)30-22-12-9-20(26(27,28)29)13-19(22)14-23(30)24(31)17-3-5-18(6-4-17)25(32)33/h3-15,24,31H,1-2H3,(H,32,33). The van der Waals surface area contributed by atoms with Crippen molar-refractivity contribution in [2.45, 2.75) is 36.9 Å². The highest BCUT2D eigenvalue weighted by atomic mass is 32.2. The molecule has 0 amide bonds. The van der Waals surface area contributed by atoms with Gasteiger partial charge in [0.05, 0.1) is 27.2 Å². The van der Waals surface area contributed by atoms with Crippen molar-refractivity contribution in [3.8, 4) is 0 Å². The zero-order chi connectivity index (χ0) is 26.4. The molecule has 6 nitrogen and oxygen atoms in total. The van der Waals surface area contributed by atoms with Crippen LogP contribution in [-0.2, 0) is 16.2 Å². The maximum absolute atomic E-state index is 13.7. The molecule has 0 saturated carbocycles. The van der Waals surface area contributed by atoms with Gasteiger partial charge in [0.25, 0.3) is 10.0 Å². The molecule has 0 aliphatic carbocycles.